The second kappa shape index (κ2) is 7.65. The number of hydrogen-bond donors (Lipinski definition) is 1. The van der Waals surface area contributed by atoms with E-state index in [0.717, 1.165) is 0 Å². The summed E-state index contributed by atoms with van der Waals surface area (Å²) in [7, 11) is -2.12. The Morgan fingerprint density at radius 3 is 2.54 bits per heavy atom. The summed E-state index contributed by atoms with van der Waals surface area (Å²) in [5, 5.41) is 0.385. The maximum atomic E-state index is 12.6. The first kappa shape index (κ1) is 18.7. The van der Waals surface area contributed by atoms with Crippen LogP contribution in [0.5, 0.6) is 5.75 Å². The Morgan fingerprint density at radius 2 is 1.88 bits per heavy atom. The van der Waals surface area contributed by atoms with Crippen LogP contribution in [0.3, 0.4) is 0 Å². The molecule has 1 amide bonds. The van der Waals surface area contributed by atoms with Gasteiger partial charge in [-0.1, -0.05) is 29.8 Å². The molecule has 0 unspecified atom stereocenters. The third kappa shape index (κ3) is 4.17. The highest BCUT2D eigenvalue weighted by atomic mass is 35.5. The molecule has 1 aliphatic rings. The number of ether oxygens (including phenoxy) is 1. The van der Waals surface area contributed by atoms with Crippen molar-refractivity contribution in [2.45, 2.75) is 18.2 Å². The maximum absolute atomic E-state index is 12.6. The topological polar surface area (TPSA) is 75.7 Å². The first-order chi connectivity index (χ1) is 12.4. The van der Waals surface area contributed by atoms with Crippen LogP contribution in [0.2, 0.25) is 5.02 Å². The van der Waals surface area contributed by atoms with Crippen molar-refractivity contribution in [3.8, 4) is 5.75 Å². The summed E-state index contributed by atoms with van der Waals surface area (Å²) in [6.07, 6.45) is 0.409. The normalized spacial score (nSPS) is 17.5. The molecule has 0 radical (unpaired) electrons. The van der Waals surface area contributed by atoms with E-state index in [1.165, 1.54) is 0 Å². The first-order valence-corrected chi connectivity index (χ1v) is 10.1. The predicted molar refractivity (Wildman–Crippen MR) is 101 cm³/mol. The van der Waals surface area contributed by atoms with Crippen molar-refractivity contribution in [2.24, 2.45) is 0 Å². The summed E-state index contributed by atoms with van der Waals surface area (Å²) in [4.78, 5) is 14.2. The van der Waals surface area contributed by atoms with Gasteiger partial charge in [0.05, 0.1) is 12.9 Å². The number of nitrogens with one attached hydrogen (secondary N) is 1. The number of halogens is 1. The van der Waals surface area contributed by atoms with Crippen LogP contribution in [0.25, 0.3) is 0 Å². The van der Waals surface area contributed by atoms with Crippen molar-refractivity contribution in [2.75, 3.05) is 18.6 Å². The van der Waals surface area contributed by atoms with Crippen LogP contribution in [0.1, 0.15) is 12.0 Å². The third-order valence-electron chi connectivity index (χ3n) is 4.21. The van der Waals surface area contributed by atoms with E-state index in [1.54, 1.807) is 60.5 Å². The quantitative estimate of drug-likeness (QED) is 0.817. The Labute approximate surface area is 157 Å². The smallest absolute Gasteiger partial charge is 0.245 e. The average molecular weight is 395 g/mol. The maximum Gasteiger partial charge on any atom is 0.245 e. The van der Waals surface area contributed by atoms with Crippen molar-refractivity contribution in [1.82, 2.24) is 4.72 Å². The van der Waals surface area contributed by atoms with Crippen molar-refractivity contribution in [3.05, 3.63) is 59.1 Å². The molecule has 3 rings (SSSR count). The summed E-state index contributed by atoms with van der Waals surface area (Å²) >= 11 is 6.03. The molecule has 2 aromatic carbocycles. The van der Waals surface area contributed by atoms with Crippen LogP contribution < -0.4 is 14.4 Å². The van der Waals surface area contributed by atoms with Crippen molar-refractivity contribution < 1.29 is 17.9 Å². The lowest BCUT2D eigenvalue weighted by Crippen LogP contribution is -2.42. The molecule has 138 valence electrons. The van der Waals surface area contributed by atoms with Gasteiger partial charge in [0.1, 0.15) is 11.8 Å². The molecule has 1 N–H and O–H groups in total. The largest absolute Gasteiger partial charge is 0.497 e. The number of carbonyl (C=O) groups is 1. The Balaban J connectivity index is 1.68. The number of benzene rings is 2. The van der Waals surface area contributed by atoms with E-state index in [2.05, 4.69) is 4.72 Å². The van der Waals surface area contributed by atoms with E-state index in [1.807, 2.05) is 0 Å². The van der Waals surface area contributed by atoms with E-state index in [4.69, 9.17) is 16.3 Å². The molecule has 0 spiro atoms. The molecular formula is C18H19ClN2O4S. The molecule has 1 atom stereocenters. The number of rotatable bonds is 6. The van der Waals surface area contributed by atoms with Crippen molar-refractivity contribution in [1.29, 1.82) is 0 Å². The summed E-state index contributed by atoms with van der Waals surface area (Å²) in [6, 6.07) is 13.1. The third-order valence-corrected chi connectivity index (χ3v) is 5.92. The molecule has 2 aromatic rings. The molecule has 26 heavy (non-hydrogen) atoms. The summed E-state index contributed by atoms with van der Waals surface area (Å²) in [5.41, 5.74) is 1.21. The van der Waals surface area contributed by atoms with Crippen LogP contribution in [-0.4, -0.2) is 34.0 Å². The first-order valence-electron chi connectivity index (χ1n) is 8.08. The summed E-state index contributed by atoms with van der Waals surface area (Å²) in [6.45, 7) is 0.449. The van der Waals surface area contributed by atoms with E-state index in [-0.39, 0.29) is 11.7 Å². The lowest BCUT2D eigenvalue weighted by Gasteiger charge is -2.18. The standard InChI is InChI=1S/C18H19ClN2O4S/c1-25-15-8-6-14(7-9-15)21-11-10-17(18(21)22)20-26(23,24)12-13-4-2-3-5-16(13)19/h2-9,17,20H,10-12H2,1H3/t17-/m0/s1. The molecule has 1 fully saturated rings. The molecular weight excluding hydrogens is 376 g/mol. The van der Waals surface area contributed by atoms with Gasteiger partial charge in [0.15, 0.2) is 0 Å². The Kier molecular flexibility index (Phi) is 5.50. The second-order valence-corrected chi connectivity index (χ2v) is 8.16. The van der Waals surface area contributed by atoms with Gasteiger partial charge in [-0.2, -0.15) is 0 Å². The second-order valence-electron chi connectivity index (χ2n) is 6.00. The zero-order valence-electron chi connectivity index (χ0n) is 14.2. The molecule has 0 saturated carbocycles. The highest BCUT2D eigenvalue weighted by Crippen LogP contribution is 2.25. The number of amides is 1. The number of hydrogen-bond acceptors (Lipinski definition) is 4. The molecule has 0 aliphatic carbocycles. The lowest BCUT2D eigenvalue weighted by molar-refractivity contribution is -0.118. The van der Waals surface area contributed by atoms with Crippen LogP contribution in [-0.2, 0) is 20.6 Å². The molecule has 8 heteroatoms. The van der Waals surface area contributed by atoms with E-state index >= 15 is 0 Å². The van der Waals surface area contributed by atoms with Gasteiger partial charge in [-0.05, 0) is 42.3 Å². The van der Waals surface area contributed by atoms with Crippen LogP contribution in [0, 0.1) is 0 Å². The van der Waals surface area contributed by atoms with Crippen LogP contribution in [0.4, 0.5) is 5.69 Å². The van der Waals surface area contributed by atoms with Crippen molar-refractivity contribution >= 4 is 33.2 Å². The molecule has 0 aromatic heterocycles. The summed E-state index contributed by atoms with van der Waals surface area (Å²) in [5.74, 6) is 0.161. The van der Waals surface area contributed by atoms with Gasteiger partial charge in [0, 0.05) is 17.3 Å². The number of anilines is 1. The van der Waals surface area contributed by atoms with E-state index in [0.29, 0.717) is 35.0 Å². The number of sulfonamides is 1. The highest BCUT2D eigenvalue weighted by Gasteiger charge is 2.35. The lowest BCUT2D eigenvalue weighted by atomic mass is 10.2. The van der Waals surface area contributed by atoms with Gasteiger partial charge in [-0.15, -0.1) is 0 Å². The molecule has 0 bridgehead atoms. The summed E-state index contributed by atoms with van der Waals surface area (Å²) < 4.78 is 32.5. The van der Waals surface area contributed by atoms with Gasteiger partial charge in [0.2, 0.25) is 15.9 Å². The van der Waals surface area contributed by atoms with Gasteiger partial charge in [-0.25, -0.2) is 13.1 Å². The van der Waals surface area contributed by atoms with Crippen LogP contribution in [0.15, 0.2) is 48.5 Å². The fourth-order valence-electron chi connectivity index (χ4n) is 2.89. The SMILES string of the molecule is COc1ccc(N2CC[C@H](NS(=O)(=O)Cc3ccccc3Cl)C2=O)cc1. The van der Waals surface area contributed by atoms with Crippen LogP contribution >= 0.6 is 11.6 Å². The number of nitrogens with zero attached hydrogens (tertiary/aromatic N) is 1. The Hall–Kier alpha value is -2.09. The zero-order valence-corrected chi connectivity index (χ0v) is 15.8. The Morgan fingerprint density at radius 1 is 1.19 bits per heavy atom. The van der Waals surface area contributed by atoms with Crippen molar-refractivity contribution in [3.63, 3.8) is 0 Å². The highest BCUT2D eigenvalue weighted by molar-refractivity contribution is 7.88. The zero-order chi connectivity index (χ0) is 18.7. The number of methoxy groups -OCH3 is 1. The van der Waals surface area contributed by atoms with Gasteiger partial charge < -0.3 is 9.64 Å². The fraction of sp³-hybridized carbons (Fsp3) is 0.278. The number of carbonyl (C=O) groups excluding carboxylic acids is 1. The minimum absolute atomic E-state index is 0.265. The van der Waals surface area contributed by atoms with E-state index in [9.17, 15) is 13.2 Å². The molecule has 1 heterocycles. The monoisotopic (exact) mass is 394 g/mol. The molecule has 1 aliphatic heterocycles. The van der Waals surface area contributed by atoms with E-state index < -0.39 is 16.1 Å². The fourth-order valence-corrected chi connectivity index (χ4v) is 4.56. The minimum Gasteiger partial charge on any atom is -0.497 e. The average Bonchev–Trinajstić information content (AvgIpc) is 2.97. The Bertz CT molecular complexity index is 900. The predicted octanol–water partition coefficient (Wildman–Crippen LogP) is 2.57. The minimum atomic E-state index is -3.69. The van der Waals surface area contributed by atoms with Gasteiger partial charge in [0.25, 0.3) is 0 Å². The van der Waals surface area contributed by atoms with Gasteiger partial charge >= 0.3 is 0 Å². The molecule has 1 saturated heterocycles. The molecule has 6 nitrogen and oxygen atoms in total. The van der Waals surface area contributed by atoms with Gasteiger partial charge in [-0.3, -0.25) is 4.79 Å².